The zero-order chi connectivity index (χ0) is 28.4. The van der Waals surface area contributed by atoms with E-state index in [0.717, 1.165) is 38.9 Å². The van der Waals surface area contributed by atoms with E-state index in [2.05, 4.69) is 75.9 Å². The Labute approximate surface area is 237 Å². The summed E-state index contributed by atoms with van der Waals surface area (Å²) in [7, 11) is 0. The van der Waals surface area contributed by atoms with Crippen LogP contribution in [0.25, 0.3) is 21.9 Å². The van der Waals surface area contributed by atoms with Crippen LogP contribution in [0.1, 0.15) is 40.9 Å². The highest BCUT2D eigenvalue weighted by Gasteiger charge is 2.37. The van der Waals surface area contributed by atoms with Crippen molar-refractivity contribution in [2.45, 2.75) is 24.7 Å². The highest BCUT2D eigenvalue weighted by Crippen LogP contribution is 2.41. The van der Waals surface area contributed by atoms with E-state index in [9.17, 15) is 19.7 Å². The minimum atomic E-state index is -0.483. The van der Waals surface area contributed by atoms with Gasteiger partial charge in [-0.15, -0.1) is 0 Å². The van der Waals surface area contributed by atoms with Gasteiger partial charge in [0, 0.05) is 41.2 Å². The Kier molecular flexibility index (Phi) is 7.15. The standard InChI is InChI=1S/C33H30N4O4/c38-31-27-22-35-30(28(29(27)31)23-12-14-26(15-13-23)37(40)41)32(39)34-18-7-19-36-20-16-33(17-21-36,24-8-3-1-4-9-24)25-10-5-2-6-11-25/h1-6,8-15,22H,7,16-21H2,(H,34,39). The number of likely N-dealkylation sites (tertiary alicyclic amines) is 1. The molecule has 4 aromatic carbocycles. The van der Waals surface area contributed by atoms with Gasteiger partial charge in [-0.1, -0.05) is 60.7 Å². The van der Waals surface area contributed by atoms with Crippen molar-refractivity contribution in [2.24, 2.45) is 0 Å². The molecule has 0 saturated carbocycles. The van der Waals surface area contributed by atoms with Crippen LogP contribution in [0.4, 0.5) is 5.69 Å². The molecule has 8 nitrogen and oxygen atoms in total. The molecule has 0 aliphatic carbocycles. The SMILES string of the molecule is O=C(NCCCN1CCC(c2ccccc2)(c2ccccc2)CC1)c1ncc2c(=O)c2c1-c1ccc([N+](=O)[O-])cc1. The third-order valence-electron chi connectivity index (χ3n) is 8.37. The summed E-state index contributed by atoms with van der Waals surface area (Å²) in [6, 6.07) is 27.4. The van der Waals surface area contributed by atoms with Gasteiger partial charge in [0.1, 0.15) is 5.69 Å². The highest BCUT2D eigenvalue weighted by molar-refractivity contribution is 6.14. The first-order valence-corrected chi connectivity index (χ1v) is 13.9. The first kappa shape index (κ1) is 26.5. The van der Waals surface area contributed by atoms with Crippen molar-refractivity contribution in [3.05, 3.63) is 128 Å². The topological polar surface area (TPSA) is 105 Å². The molecule has 1 aliphatic heterocycles. The van der Waals surface area contributed by atoms with Crippen LogP contribution in [0.5, 0.6) is 0 Å². The Bertz CT molecular complexity index is 1660. The fourth-order valence-corrected chi connectivity index (χ4v) is 6.08. The van der Waals surface area contributed by atoms with Crippen molar-refractivity contribution in [3.63, 3.8) is 0 Å². The molecule has 6 rings (SSSR count). The summed E-state index contributed by atoms with van der Waals surface area (Å²) in [6.07, 6.45) is 4.27. The van der Waals surface area contributed by atoms with Crippen LogP contribution in [0.2, 0.25) is 0 Å². The average molecular weight is 547 g/mol. The minimum absolute atomic E-state index is 0.000742. The van der Waals surface area contributed by atoms with Crippen molar-refractivity contribution in [1.29, 1.82) is 0 Å². The predicted molar refractivity (Wildman–Crippen MR) is 159 cm³/mol. The van der Waals surface area contributed by atoms with Gasteiger partial charge in [-0.05, 0) is 67.7 Å². The Balaban J connectivity index is 1.08. The van der Waals surface area contributed by atoms with Crippen LogP contribution >= 0.6 is 0 Å². The molecule has 0 atom stereocenters. The maximum absolute atomic E-state index is 13.1. The van der Waals surface area contributed by atoms with Gasteiger partial charge in [-0.25, -0.2) is 4.98 Å². The number of non-ortho nitro benzene ring substituents is 1. The number of rotatable bonds is 9. The van der Waals surface area contributed by atoms with Crippen LogP contribution in [0.15, 0.2) is 95.9 Å². The van der Waals surface area contributed by atoms with Crippen LogP contribution in [-0.4, -0.2) is 46.9 Å². The van der Waals surface area contributed by atoms with E-state index in [0.29, 0.717) is 28.4 Å². The number of carbonyl (C=O) groups is 1. The molecule has 1 N–H and O–H groups in total. The van der Waals surface area contributed by atoms with Gasteiger partial charge in [-0.3, -0.25) is 19.7 Å². The number of aromatic nitrogens is 1. The Morgan fingerprint density at radius 1 is 0.927 bits per heavy atom. The molecule has 1 amide bonds. The van der Waals surface area contributed by atoms with Gasteiger partial charge in [-0.2, -0.15) is 0 Å². The molecule has 1 fully saturated rings. The lowest BCUT2D eigenvalue weighted by molar-refractivity contribution is -0.384. The molecule has 0 bridgehead atoms. The first-order chi connectivity index (χ1) is 20.0. The van der Waals surface area contributed by atoms with E-state index in [4.69, 9.17) is 0 Å². The molecular formula is C33H30N4O4. The van der Waals surface area contributed by atoms with Gasteiger partial charge >= 0.3 is 0 Å². The summed E-state index contributed by atoms with van der Waals surface area (Å²) < 4.78 is 0. The third-order valence-corrected chi connectivity index (χ3v) is 8.37. The fourth-order valence-electron chi connectivity index (χ4n) is 6.08. The monoisotopic (exact) mass is 546 g/mol. The molecule has 1 saturated heterocycles. The Morgan fingerprint density at radius 2 is 1.54 bits per heavy atom. The Hall–Kier alpha value is -4.69. The zero-order valence-electron chi connectivity index (χ0n) is 22.6. The highest BCUT2D eigenvalue weighted by atomic mass is 16.6. The van der Waals surface area contributed by atoms with E-state index in [1.807, 2.05) is 0 Å². The Morgan fingerprint density at radius 3 is 2.12 bits per heavy atom. The summed E-state index contributed by atoms with van der Waals surface area (Å²) in [5, 5.41) is 15.0. The van der Waals surface area contributed by atoms with Crippen molar-refractivity contribution in [1.82, 2.24) is 15.2 Å². The summed E-state index contributed by atoms with van der Waals surface area (Å²) >= 11 is 0. The van der Waals surface area contributed by atoms with Crippen molar-refractivity contribution in [3.8, 4) is 11.1 Å². The summed E-state index contributed by atoms with van der Waals surface area (Å²) in [5.41, 5.74) is 3.68. The van der Waals surface area contributed by atoms with E-state index >= 15 is 0 Å². The number of nitrogens with zero attached hydrogens (tertiary/aromatic N) is 3. The number of nitrogens with one attached hydrogen (secondary N) is 1. The first-order valence-electron chi connectivity index (χ1n) is 13.9. The van der Waals surface area contributed by atoms with Gasteiger partial charge in [0.2, 0.25) is 0 Å². The molecule has 5 aromatic rings. The zero-order valence-corrected chi connectivity index (χ0v) is 22.6. The predicted octanol–water partition coefficient (Wildman–Crippen LogP) is 5.25. The molecule has 2 heterocycles. The quantitative estimate of drug-likeness (QED) is 0.154. The second-order valence-corrected chi connectivity index (χ2v) is 10.7. The molecule has 0 spiro atoms. The number of benzene rings is 3. The summed E-state index contributed by atoms with van der Waals surface area (Å²) in [5.74, 6) is -0.355. The molecule has 1 aliphatic rings. The second kappa shape index (κ2) is 11.1. The minimum Gasteiger partial charge on any atom is -0.351 e. The maximum Gasteiger partial charge on any atom is 0.270 e. The van der Waals surface area contributed by atoms with Crippen LogP contribution in [-0.2, 0) is 5.41 Å². The fraction of sp³-hybridized carbons (Fsp3) is 0.242. The van der Waals surface area contributed by atoms with Crippen LogP contribution in [0, 0.1) is 10.1 Å². The molecule has 1 aromatic heterocycles. The number of amides is 1. The number of pyridine rings is 1. The number of hydrogen-bond donors (Lipinski definition) is 1. The van der Waals surface area contributed by atoms with Crippen molar-refractivity contribution in [2.75, 3.05) is 26.2 Å². The lowest BCUT2D eigenvalue weighted by Gasteiger charge is -2.43. The smallest absolute Gasteiger partial charge is 0.270 e. The van der Waals surface area contributed by atoms with E-state index < -0.39 is 4.92 Å². The number of carbonyl (C=O) groups excluding carboxylic acids is 1. The molecule has 8 heteroatoms. The number of piperidine rings is 1. The van der Waals surface area contributed by atoms with Crippen LogP contribution in [0.3, 0.4) is 0 Å². The number of nitro groups is 1. The number of nitro benzene ring substituents is 1. The normalized spacial score (nSPS) is 15.2. The number of hydrogen-bond acceptors (Lipinski definition) is 6. The maximum atomic E-state index is 13.1. The van der Waals surface area contributed by atoms with Crippen molar-refractivity contribution < 1.29 is 9.72 Å². The average Bonchev–Trinajstić information content (AvgIpc) is 3.69. The van der Waals surface area contributed by atoms with E-state index in [1.54, 1.807) is 12.1 Å². The van der Waals surface area contributed by atoms with E-state index in [1.165, 1.54) is 29.5 Å². The lowest BCUT2D eigenvalue weighted by Crippen LogP contribution is -2.44. The molecule has 0 unspecified atom stereocenters. The second-order valence-electron chi connectivity index (χ2n) is 10.7. The van der Waals surface area contributed by atoms with Gasteiger partial charge in [0.05, 0.1) is 10.3 Å². The van der Waals surface area contributed by atoms with Crippen LogP contribution < -0.4 is 10.7 Å². The van der Waals surface area contributed by atoms with Crippen molar-refractivity contribution >= 4 is 22.4 Å². The molecular weight excluding hydrogens is 516 g/mol. The summed E-state index contributed by atoms with van der Waals surface area (Å²) in [6.45, 7) is 3.28. The molecule has 0 radical (unpaired) electrons. The molecule has 206 valence electrons. The largest absolute Gasteiger partial charge is 0.351 e. The summed E-state index contributed by atoms with van der Waals surface area (Å²) in [4.78, 5) is 42.7. The lowest BCUT2D eigenvalue weighted by atomic mass is 9.68. The van der Waals surface area contributed by atoms with Gasteiger partial charge in [0.25, 0.3) is 11.6 Å². The molecule has 41 heavy (non-hydrogen) atoms. The van der Waals surface area contributed by atoms with Gasteiger partial charge < -0.3 is 10.2 Å². The number of fused-ring (bicyclic) bond motifs is 1. The van der Waals surface area contributed by atoms with E-state index in [-0.39, 0.29) is 28.1 Å². The van der Waals surface area contributed by atoms with Gasteiger partial charge in [0.15, 0.2) is 5.43 Å². The third kappa shape index (κ3) is 5.14.